The molecule has 3 atom stereocenters. The maximum absolute atomic E-state index is 6.39. The van der Waals surface area contributed by atoms with E-state index < -0.39 is 8.32 Å². The highest BCUT2D eigenvalue weighted by atomic mass is 28.4. The Balaban J connectivity index is 2.01. The van der Waals surface area contributed by atoms with Crippen LogP contribution in [0, 0.1) is 0 Å². The topological polar surface area (TPSA) is 36.9 Å². The molecule has 0 N–H and O–H groups in total. The van der Waals surface area contributed by atoms with Gasteiger partial charge < -0.3 is 18.6 Å². The Hall–Kier alpha value is -0.983. The monoisotopic (exact) mass is 378 g/mol. The molecule has 0 fully saturated rings. The van der Waals surface area contributed by atoms with Gasteiger partial charge in [0.1, 0.15) is 12.2 Å². The molecule has 5 heteroatoms. The van der Waals surface area contributed by atoms with Crippen LogP contribution in [0.1, 0.15) is 33.3 Å². The Morgan fingerprint density at radius 3 is 2.35 bits per heavy atom. The number of hydrogen-bond acceptors (Lipinski definition) is 4. The number of benzene rings is 1. The van der Waals surface area contributed by atoms with Gasteiger partial charge in [-0.3, -0.25) is 0 Å². The number of ether oxygens (including phenoxy) is 3. The Bertz CT molecular complexity index is 565. The van der Waals surface area contributed by atoms with Crippen molar-refractivity contribution in [3.8, 4) is 0 Å². The Morgan fingerprint density at radius 1 is 1.04 bits per heavy atom. The van der Waals surface area contributed by atoms with Gasteiger partial charge in [0.2, 0.25) is 0 Å². The maximum Gasteiger partial charge on any atom is 0.192 e. The van der Waals surface area contributed by atoms with Gasteiger partial charge in [-0.05, 0) is 36.7 Å². The van der Waals surface area contributed by atoms with E-state index in [1.54, 1.807) is 0 Å². The van der Waals surface area contributed by atoms with E-state index in [0.717, 1.165) is 5.56 Å². The Labute approximate surface area is 159 Å². The van der Waals surface area contributed by atoms with Crippen molar-refractivity contribution in [1.82, 2.24) is 0 Å². The Morgan fingerprint density at radius 2 is 1.73 bits per heavy atom. The molecule has 0 bridgehead atoms. The molecule has 0 aromatic heterocycles. The third-order valence-electron chi connectivity index (χ3n) is 5.16. The van der Waals surface area contributed by atoms with Crippen LogP contribution in [0.5, 0.6) is 0 Å². The summed E-state index contributed by atoms with van der Waals surface area (Å²) in [5.41, 5.74) is 1.15. The largest absolute Gasteiger partial charge is 0.414 e. The molecule has 4 nitrogen and oxygen atoms in total. The quantitative estimate of drug-likeness (QED) is 0.476. The molecule has 0 spiro atoms. The van der Waals surface area contributed by atoms with E-state index in [-0.39, 0.29) is 23.5 Å². The van der Waals surface area contributed by atoms with E-state index >= 15 is 0 Å². The molecule has 1 heterocycles. The first-order valence-corrected chi connectivity index (χ1v) is 12.4. The standard InChI is InChI=1S/C21H34O4Si/c1-7-22-20-14-13-18(23-15-17-11-9-8-10-12-17)19(25-20)16-24-26(5,6)21(2,3)4/h8-14,18-20H,7,15-16H2,1-6H3/t18-,19-,20+/m0/s1. The first-order valence-electron chi connectivity index (χ1n) is 9.48. The molecular formula is C21H34O4Si. The third-order valence-corrected chi connectivity index (χ3v) is 9.66. The summed E-state index contributed by atoms with van der Waals surface area (Å²) in [4.78, 5) is 0. The fourth-order valence-electron chi connectivity index (χ4n) is 2.45. The second-order valence-corrected chi connectivity index (χ2v) is 13.0. The zero-order valence-electron chi connectivity index (χ0n) is 17.0. The van der Waals surface area contributed by atoms with Crippen LogP contribution in [-0.4, -0.2) is 40.0 Å². The van der Waals surface area contributed by atoms with Crippen LogP contribution in [0.25, 0.3) is 0 Å². The first-order chi connectivity index (χ1) is 12.2. The molecule has 2 rings (SSSR count). The van der Waals surface area contributed by atoms with Crippen molar-refractivity contribution in [2.45, 2.75) is 70.9 Å². The molecule has 0 saturated heterocycles. The molecule has 26 heavy (non-hydrogen) atoms. The van der Waals surface area contributed by atoms with Crippen molar-refractivity contribution >= 4 is 8.32 Å². The third kappa shape index (κ3) is 6.03. The smallest absolute Gasteiger partial charge is 0.192 e. The zero-order valence-corrected chi connectivity index (χ0v) is 18.0. The minimum absolute atomic E-state index is 0.142. The molecule has 1 aliphatic heterocycles. The van der Waals surface area contributed by atoms with Crippen LogP contribution in [0.2, 0.25) is 18.1 Å². The predicted octanol–water partition coefficient (Wildman–Crippen LogP) is 4.91. The fraction of sp³-hybridized carbons (Fsp3) is 0.619. The van der Waals surface area contributed by atoms with Crippen molar-refractivity contribution in [2.75, 3.05) is 13.2 Å². The lowest BCUT2D eigenvalue weighted by Crippen LogP contribution is -2.47. The van der Waals surface area contributed by atoms with Gasteiger partial charge in [0.05, 0.1) is 13.2 Å². The summed E-state index contributed by atoms with van der Waals surface area (Å²) in [5.74, 6) is 0. The van der Waals surface area contributed by atoms with Crippen LogP contribution >= 0.6 is 0 Å². The van der Waals surface area contributed by atoms with E-state index in [1.165, 1.54) is 0 Å². The van der Waals surface area contributed by atoms with Gasteiger partial charge in [-0.15, -0.1) is 0 Å². The van der Waals surface area contributed by atoms with Gasteiger partial charge in [-0.2, -0.15) is 0 Å². The molecule has 0 aliphatic carbocycles. The average Bonchev–Trinajstić information content (AvgIpc) is 2.59. The summed E-state index contributed by atoms with van der Waals surface area (Å²) in [6, 6.07) is 10.2. The second-order valence-electron chi connectivity index (χ2n) is 8.22. The van der Waals surface area contributed by atoms with Gasteiger partial charge in [0.25, 0.3) is 0 Å². The highest BCUT2D eigenvalue weighted by Gasteiger charge is 2.39. The molecule has 0 amide bonds. The van der Waals surface area contributed by atoms with Crippen LogP contribution in [0.3, 0.4) is 0 Å². The molecule has 0 radical (unpaired) electrons. The molecule has 0 saturated carbocycles. The van der Waals surface area contributed by atoms with Crippen molar-refractivity contribution in [2.24, 2.45) is 0 Å². The minimum Gasteiger partial charge on any atom is -0.414 e. The molecule has 1 aromatic rings. The number of rotatable bonds is 8. The van der Waals surface area contributed by atoms with Crippen molar-refractivity contribution < 1.29 is 18.6 Å². The molecular weight excluding hydrogens is 344 g/mol. The lowest BCUT2D eigenvalue weighted by atomic mass is 10.1. The van der Waals surface area contributed by atoms with Crippen LogP contribution in [-0.2, 0) is 25.2 Å². The first kappa shape index (κ1) is 21.3. The van der Waals surface area contributed by atoms with Crippen LogP contribution in [0.4, 0.5) is 0 Å². The summed E-state index contributed by atoms with van der Waals surface area (Å²) >= 11 is 0. The van der Waals surface area contributed by atoms with Crippen LogP contribution < -0.4 is 0 Å². The molecule has 1 aliphatic rings. The fourth-order valence-corrected chi connectivity index (χ4v) is 3.46. The van der Waals surface area contributed by atoms with Crippen molar-refractivity contribution in [1.29, 1.82) is 0 Å². The normalized spacial score (nSPS) is 24.0. The second kappa shape index (κ2) is 9.29. The van der Waals surface area contributed by atoms with E-state index in [9.17, 15) is 0 Å². The highest BCUT2D eigenvalue weighted by molar-refractivity contribution is 6.74. The van der Waals surface area contributed by atoms with E-state index in [2.05, 4.69) is 46.0 Å². The lowest BCUT2D eigenvalue weighted by molar-refractivity contribution is -0.186. The van der Waals surface area contributed by atoms with Gasteiger partial charge in [-0.25, -0.2) is 0 Å². The minimum atomic E-state index is -1.85. The van der Waals surface area contributed by atoms with Gasteiger partial charge in [0.15, 0.2) is 14.6 Å². The SMILES string of the molecule is CCO[C@H]1C=C[C@H](OCc2ccccc2)[C@H](CO[Si](C)(C)C(C)(C)C)O1. The van der Waals surface area contributed by atoms with E-state index in [1.807, 2.05) is 37.3 Å². The van der Waals surface area contributed by atoms with E-state index in [4.69, 9.17) is 18.6 Å². The molecule has 0 unspecified atom stereocenters. The predicted molar refractivity (Wildman–Crippen MR) is 108 cm³/mol. The van der Waals surface area contributed by atoms with Crippen molar-refractivity contribution in [3.05, 3.63) is 48.0 Å². The van der Waals surface area contributed by atoms with Gasteiger partial charge in [-0.1, -0.05) is 57.2 Å². The van der Waals surface area contributed by atoms with Gasteiger partial charge >= 0.3 is 0 Å². The molecule has 1 aromatic carbocycles. The lowest BCUT2D eigenvalue weighted by Gasteiger charge is -2.39. The summed E-state index contributed by atoms with van der Waals surface area (Å²) in [5, 5.41) is 0.164. The zero-order chi connectivity index (χ0) is 19.2. The summed E-state index contributed by atoms with van der Waals surface area (Å²) in [6.45, 7) is 14.9. The number of hydrogen-bond donors (Lipinski definition) is 0. The van der Waals surface area contributed by atoms with Crippen molar-refractivity contribution in [3.63, 3.8) is 0 Å². The highest BCUT2D eigenvalue weighted by Crippen LogP contribution is 2.37. The van der Waals surface area contributed by atoms with E-state index in [0.29, 0.717) is 19.8 Å². The van der Waals surface area contributed by atoms with Gasteiger partial charge in [0, 0.05) is 6.61 Å². The molecule has 146 valence electrons. The maximum atomic E-state index is 6.39. The Kier molecular flexibility index (Phi) is 7.61. The summed E-state index contributed by atoms with van der Waals surface area (Å²) in [7, 11) is -1.85. The summed E-state index contributed by atoms with van der Waals surface area (Å²) < 4.78 is 24.2. The summed E-state index contributed by atoms with van der Waals surface area (Å²) in [6.07, 6.45) is 3.34. The average molecular weight is 379 g/mol. The van der Waals surface area contributed by atoms with Crippen LogP contribution in [0.15, 0.2) is 42.5 Å².